The van der Waals surface area contributed by atoms with Crippen LogP contribution in [-0.2, 0) is 13.0 Å². The molecular weight excluding hydrogens is 483 g/mol. The summed E-state index contributed by atoms with van der Waals surface area (Å²) >= 11 is 0. The lowest BCUT2D eigenvalue weighted by atomic mass is 10.1. The molecule has 0 unspecified atom stereocenters. The third kappa shape index (κ3) is 8.95. The van der Waals surface area contributed by atoms with Crippen LogP contribution in [0.25, 0.3) is 0 Å². The van der Waals surface area contributed by atoms with Crippen molar-refractivity contribution in [2.75, 3.05) is 20.2 Å². The SMILES string of the molecule is C=C(C)CNC(=NCc1ccc([N+](=O)[O-])cc1)NCCc1ccc(OC)cc1.I. The molecule has 2 rings (SSSR count). The lowest BCUT2D eigenvalue weighted by molar-refractivity contribution is -0.384. The third-order valence-corrected chi connectivity index (χ3v) is 3.99. The van der Waals surface area contributed by atoms with Crippen molar-refractivity contribution in [2.45, 2.75) is 19.9 Å². The molecule has 0 fully saturated rings. The molecule has 0 radical (unpaired) electrons. The van der Waals surface area contributed by atoms with E-state index in [0.29, 0.717) is 25.6 Å². The molecule has 0 heterocycles. The Morgan fingerprint density at radius 3 is 2.28 bits per heavy atom. The fraction of sp³-hybridized carbons (Fsp3) is 0.286. The maximum absolute atomic E-state index is 10.7. The van der Waals surface area contributed by atoms with Crippen molar-refractivity contribution in [3.63, 3.8) is 0 Å². The first-order valence-corrected chi connectivity index (χ1v) is 9.01. The summed E-state index contributed by atoms with van der Waals surface area (Å²) in [5.41, 5.74) is 3.17. The number of hydrogen-bond donors (Lipinski definition) is 2. The number of nitro benzene ring substituents is 1. The van der Waals surface area contributed by atoms with Gasteiger partial charge in [-0.2, -0.15) is 0 Å². The number of halogens is 1. The van der Waals surface area contributed by atoms with Crippen molar-refractivity contribution in [2.24, 2.45) is 4.99 Å². The van der Waals surface area contributed by atoms with Crippen molar-refractivity contribution in [3.8, 4) is 5.75 Å². The van der Waals surface area contributed by atoms with Crippen LogP contribution in [0, 0.1) is 10.1 Å². The zero-order valence-electron chi connectivity index (χ0n) is 16.7. The summed E-state index contributed by atoms with van der Waals surface area (Å²) in [5, 5.41) is 17.3. The minimum Gasteiger partial charge on any atom is -0.497 e. The Bertz CT molecular complexity index is 821. The summed E-state index contributed by atoms with van der Waals surface area (Å²) in [7, 11) is 1.65. The molecule has 0 atom stereocenters. The van der Waals surface area contributed by atoms with E-state index in [4.69, 9.17) is 4.74 Å². The van der Waals surface area contributed by atoms with Crippen molar-refractivity contribution in [3.05, 3.63) is 81.9 Å². The van der Waals surface area contributed by atoms with Crippen LogP contribution in [0.15, 0.2) is 65.7 Å². The van der Waals surface area contributed by atoms with E-state index in [-0.39, 0.29) is 29.7 Å². The van der Waals surface area contributed by atoms with Crippen LogP contribution in [0.2, 0.25) is 0 Å². The normalized spacial score (nSPS) is 10.6. The maximum Gasteiger partial charge on any atom is 0.269 e. The van der Waals surface area contributed by atoms with Crippen molar-refractivity contribution < 1.29 is 9.66 Å². The van der Waals surface area contributed by atoms with Gasteiger partial charge in [-0.25, -0.2) is 4.99 Å². The van der Waals surface area contributed by atoms with E-state index < -0.39 is 4.92 Å². The van der Waals surface area contributed by atoms with Crippen LogP contribution < -0.4 is 15.4 Å². The van der Waals surface area contributed by atoms with Gasteiger partial charge < -0.3 is 15.4 Å². The quantitative estimate of drug-likeness (QED) is 0.133. The van der Waals surface area contributed by atoms with Crippen molar-refractivity contribution >= 4 is 35.6 Å². The minimum atomic E-state index is -0.409. The van der Waals surface area contributed by atoms with Gasteiger partial charge in [0.15, 0.2) is 5.96 Å². The number of ether oxygens (including phenoxy) is 1. The van der Waals surface area contributed by atoms with Crippen LogP contribution in [-0.4, -0.2) is 31.1 Å². The number of rotatable bonds is 9. The smallest absolute Gasteiger partial charge is 0.269 e. The monoisotopic (exact) mass is 510 g/mol. The predicted molar refractivity (Wildman–Crippen MR) is 127 cm³/mol. The number of hydrogen-bond acceptors (Lipinski definition) is 4. The van der Waals surface area contributed by atoms with Crippen LogP contribution >= 0.6 is 24.0 Å². The van der Waals surface area contributed by atoms with E-state index >= 15 is 0 Å². The number of nitrogens with zero attached hydrogens (tertiary/aromatic N) is 2. The lowest BCUT2D eigenvalue weighted by Gasteiger charge is -2.13. The zero-order chi connectivity index (χ0) is 20.4. The molecule has 0 aliphatic carbocycles. The Labute approximate surface area is 188 Å². The highest BCUT2D eigenvalue weighted by molar-refractivity contribution is 14.0. The van der Waals surface area contributed by atoms with Crippen LogP contribution in [0.4, 0.5) is 5.69 Å². The van der Waals surface area contributed by atoms with E-state index in [9.17, 15) is 10.1 Å². The molecule has 0 amide bonds. The summed E-state index contributed by atoms with van der Waals surface area (Å²) < 4.78 is 5.17. The molecule has 0 saturated carbocycles. The fourth-order valence-corrected chi connectivity index (χ4v) is 2.42. The summed E-state index contributed by atoms with van der Waals surface area (Å²) in [5.74, 6) is 1.51. The number of benzene rings is 2. The number of guanidine groups is 1. The van der Waals surface area contributed by atoms with Gasteiger partial charge >= 0.3 is 0 Å². The molecule has 29 heavy (non-hydrogen) atoms. The molecular formula is C21H27IN4O3. The molecule has 0 aliphatic heterocycles. The Morgan fingerprint density at radius 2 is 1.72 bits per heavy atom. The van der Waals surface area contributed by atoms with Crippen molar-refractivity contribution in [1.82, 2.24) is 10.6 Å². The van der Waals surface area contributed by atoms with Gasteiger partial charge in [0.1, 0.15) is 5.75 Å². The lowest BCUT2D eigenvalue weighted by Crippen LogP contribution is -2.39. The number of nitrogens with one attached hydrogen (secondary N) is 2. The second-order valence-electron chi connectivity index (χ2n) is 6.42. The minimum absolute atomic E-state index is 0. The molecule has 0 saturated heterocycles. The Hall–Kier alpha value is -2.62. The molecule has 0 bridgehead atoms. The average molecular weight is 510 g/mol. The van der Waals surface area contributed by atoms with E-state index in [1.807, 2.05) is 31.2 Å². The van der Waals surface area contributed by atoms with E-state index in [2.05, 4.69) is 22.2 Å². The number of aliphatic imine (C=N–C) groups is 1. The highest BCUT2D eigenvalue weighted by Crippen LogP contribution is 2.13. The molecule has 7 nitrogen and oxygen atoms in total. The second-order valence-corrected chi connectivity index (χ2v) is 6.42. The largest absolute Gasteiger partial charge is 0.497 e. The molecule has 2 aromatic carbocycles. The van der Waals surface area contributed by atoms with Gasteiger partial charge in [0, 0.05) is 25.2 Å². The molecule has 2 N–H and O–H groups in total. The molecule has 0 spiro atoms. The van der Waals surface area contributed by atoms with Crippen molar-refractivity contribution in [1.29, 1.82) is 0 Å². The summed E-state index contributed by atoms with van der Waals surface area (Å²) in [6.45, 7) is 7.60. The Balaban J connectivity index is 0.00000420. The predicted octanol–water partition coefficient (Wildman–Crippen LogP) is 4.08. The van der Waals surface area contributed by atoms with E-state index in [1.54, 1.807) is 19.2 Å². The molecule has 0 aromatic heterocycles. The molecule has 8 heteroatoms. The first-order chi connectivity index (χ1) is 13.5. The number of non-ortho nitro benzene ring substituents is 1. The summed E-state index contributed by atoms with van der Waals surface area (Å²) in [6.07, 6.45) is 0.843. The van der Waals surface area contributed by atoms with Crippen LogP contribution in [0.5, 0.6) is 5.75 Å². The van der Waals surface area contributed by atoms with E-state index in [1.165, 1.54) is 17.7 Å². The van der Waals surface area contributed by atoms with Crippen LogP contribution in [0.1, 0.15) is 18.1 Å². The van der Waals surface area contributed by atoms with Gasteiger partial charge in [-0.05, 0) is 36.6 Å². The van der Waals surface area contributed by atoms with Gasteiger partial charge in [-0.1, -0.05) is 36.4 Å². The standard InChI is InChI=1S/C21H26N4O3.HI/c1-16(2)14-23-21(22-13-12-17-6-10-20(28-3)11-7-17)24-15-18-4-8-19(9-5-18)25(26)27;/h4-11H,1,12-15H2,2-3H3,(H2,22,23,24);1H. The number of methoxy groups -OCH3 is 1. The third-order valence-electron chi connectivity index (χ3n) is 3.99. The Kier molecular flexibility index (Phi) is 10.7. The van der Waals surface area contributed by atoms with E-state index in [0.717, 1.165) is 23.3 Å². The average Bonchev–Trinajstić information content (AvgIpc) is 2.70. The Morgan fingerprint density at radius 1 is 1.10 bits per heavy atom. The second kappa shape index (κ2) is 12.8. The van der Waals surface area contributed by atoms with Gasteiger partial charge in [0.25, 0.3) is 5.69 Å². The highest BCUT2D eigenvalue weighted by atomic mass is 127. The summed E-state index contributed by atoms with van der Waals surface area (Å²) in [4.78, 5) is 14.9. The zero-order valence-corrected chi connectivity index (χ0v) is 19.0. The number of nitro groups is 1. The first kappa shape index (κ1) is 24.4. The highest BCUT2D eigenvalue weighted by Gasteiger charge is 2.04. The molecule has 156 valence electrons. The summed E-state index contributed by atoms with van der Waals surface area (Å²) in [6, 6.07) is 14.4. The topological polar surface area (TPSA) is 88.8 Å². The van der Waals surface area contributed by atoms with Crippen LogP contribution in [0.3, 0.4) is 0 Å². The molecule has 2 aromatic rings. The van der Waals surface area contributed by atoms with Gasteiger partial charge in [-0.15, -0.1) is 24.0 Å². The van der Waals surface area contributed by atoms with Gasteiger partial charge in [0.2, 0.25) is 0 Å². The first-order valence-electron chi connectivity index (χ1n) is 9.01. The van der Waals surface area contributed by atoms with Gasteiger partial charge in [-0.3, -0.25) is 10.1 Å². The maximum atomic E-state index is 10.7. The fourth-order valence-electron chi connectivity index (χ4n) is 2.42. The molecule has 0 aliphatic rings. The van der Waals surface area contributed by atoms with Gasteiger partial charge in [0.05, 0.1) is 18.6 Å².